The van der Waals surface area contributed by atoms with Crippen molar-refractivity contribution in [3.8, 4) is 11.3 Å². The van der Waals surface area contributed by atoms with Crippen molar-refractivity contribution in [1.82, 2.24) is 4.98 Å². The van der Waals surface area contributed by atoms with Crippen LogP contribution >= 0.6 is 11.6 Å². The molecule has 2 heteroatoms. The topological polar surface area (TPSA) is 12.9 Å². The van der Waals surface area contributed by atoms with Gasteiger partial charge in [0.25, 0.3) is 0 Å². The molecule has 0 unspecified atom stereocenters. The van der Waals surface area contributed by atoms with E-state index in [0.29, 0.717) is 0 Å². The monoisotopic (exact) mass is 307 g/mol. The summed E-state index contributed by atoms with van der Waals surface area (Å²) in [6.45, 7) is 4.22. The number of aromatic nitrogens is 1. The van der Waals surface area contributed by atoms with Gasteiger partial charge >= 0.3 is 0 Å². The number of halogens is 1. The number of pyridine rings is 1. The van der Waals surface area contributed by atoms with E-state index in [9.17, 15) is 0 Å². The second-order valence-electron chi connectivity index (χ2n) is 5.36. The molecular formula is C20H18ClN. The minimum Gasteiger partial charge on any atom is -0.247 e. The van der Waals surface area contributed by atoms with Gasteiger partial charge in [-0.2, -0.15) is 0 Å². The van der Waals surface area contributed by atoms with E-state index in [1.165, 1.54) is 5.56 Å². The number of fused-ring (bicyclic) bond motifs is 1. The minimum absolute atomic E-state index is 0.731. The van der Waals surface area contributed by atoms with Crippen molar-refractivity contribution in [3.05, 3.63) is 70.8 Å². The van der Waals surface area contributed by atoms with Gasteiger partial charge in [-0.25, -0.2) is 4.98 Å². The third-order valence-corrected chi connectivity index (χ3v) is 4.07. The molecule has 0 aliphatic heterocycles. The summed E-state index contributed by atoms with van der Waals surface area (Å²) < 4.78 is 0. The molecule has 1 nitrogen and oxygen atoms in total. The first-order valence-electron chi connectivity index (χ1n) is 7.52. The second-order valence-corrected chi connectivity index (χ2v) is 5.77. The molecule has 2 aromatic carbocycles. The van der Waals surface area contributed by atoms with Crippen molar-refractivity contribution >= 4 is 28.6 Å². The summed E-state index contributed by atoms with van der Waals surface area (Å²) in [6.07, 6.45) is 5.28. The first kappa shape index (κ1) is 14.8. The van der Waals surface area contributed by atoms with Crippen LogP contribution in [-0.4, -0.2) is 4.98 Å². The Balaban J connectivity index is 2.32. The molecule has 1 heterocycles. The summed E-state index contributed by atoms with van der Waals surface area (Å²) in [6, 6.07) is 16.3. The van der Waals surface area contributed by atoms with Crippen LogP contribution in [0.2, 0.25) is 5.02 Å². The fraction of sp³-hybridized carbons (Fsp3) is 0.150. The Morgan fingerprint density at radius 2 is 1.91 bits per heavy atom. The minimum atomic E-state index is 0.731. The van der Waals surface area contributed by atoms with Crippen molar-refractivity contribution in [2.75, 3.05) is 0 Å². The Labute approximate surface area is 136 Å². The SMILES string of the molecule is CCC=Cc1cc2cccc(C)c2nc1-c1ccccc1Cl. The van der Waals surface area contributed by atoms with Gasteiger partial charge in [0.1, 0.15) is 0 Å². The predicted molar refractivity (Wildman–Crippen MR) is 96.3 cm³/mol. The second kappa shape index (κ2) is 6.33. The lowest BCUT2D eigenvalue weighted by atomic mass is 10.0. The van der Waals surface area contributed by atoms with Gasteiger partial charge in [0, 0.05) is 21.5 Å². The van der Waals surface area contributed by atoms with Gasteiger partial charge in [0.2, 0.25) is 0 Å². The van der Waals surface area contributed by atoms with Crippen molar-refractivity contribution in [1.29, 1.82) is 0 Å². The van der Waals surface area contributed by atoms with Gasteiger partial charge < -0.3 is 0 Å². The first-order valence-corrected chi connectivity index (χ1v) is 7.90. The summed E-state index contributed by atoms with van der Waals surface area (Å²) in [5.41, 5.74) is 5.23. The van der Waals surface area contributed by atoms with Crippen LogP contribution in [0.3, 0.4) is 0 Å². The standard InChI is InChI=1S/C20H18ClN/c1-3-4-9-16-13-15-10-7-8-14(2)19(15)22-20(16)17-11-5-6-12-18(17)21/h4-13H,3H2,1-2H3. The van der Waals surface area contributed by atoms with Gasteiger partial charge in [-0.3, -0.25) is 0 Å². The summed E-state index contributed by atoms with van der Waals surface area (Å²) in [5.74, 6) is 0. The van der Waals surface area contributed by atoms with Crippen LogP contribution in [-0.2, 0) is 0 Å². The highest BCUT2D eigenvalue weighted by Gasteiger charge is 2.11. The van der Waals surface area contributed by atoms with Crippen LogP contribution in [0.15, 0.2) is 54.6 Å². The predicted octanol–water partition coefficient (Wildman–Crippen LogP) is 6.29. The molecule has 0 atom stereocenters. The van der Waals surface area contributed by atoms with Crippen molar-refractivity contribution in [2.24, 2.45) is 0 Å². The Bertz CT molecular complexity index is 849. The quantitative estimate of drug-likeness (QED) is 0.554. The zero-order valence-electron chi connectivity index (χ0n) is 12.8. The summed E-state index contributed by atoms with van der Waals surface area (Å²) in [7, 11) is 0. The molecule has 0 amide bonds. The lowest BCUT2D eigenvalue weighted by Gasteiger charge is -2.11. The van der Waals surface area contributed by atoms with Crippen LogP contribution in [0, 0.1) is 6.92 Å². The molecule has 0 radical (unpaired) electrons. The number of rotatable bonds is 3. The molecular weight excluding hydrogens is 290 g/mol. The molecule has 0 saturated heterocycles. The van der Waals surface area contributed by atoms with Crippen molar-refractivity contribution in [3.63, 3.8) is 0 Å². The molecule has 110 valence electrons. The van der Waals surface area contributed by atoms with Gasteiger partial charge in [0.05, 0.1) is 11.2 Å². The van der Waals surface area contributed by atoms with Crippen molar-refractivity contribution in [2.45, 2.75) is 20.3 Å². The number of aryl methyl sites for hydroxylation is 1. The lowest BCUT2D eigenvalue weighted by molar-refractivity contribution is 1.23. The van der Waals surface area contributed by atoms with E-state index in [0.717, 1.165) is 39.2 Å². The van der Waals surface area contributed by atoms with E-state index in [1.807, 2.05) is 24.3 Å². The Morgan fingerprint density at radius 3 is 2.68 bits per heavy atom. The molecule has 22 heavy (non-hydrogen) atoms. The number of hydrogen-bond acceptors (Lipinski definition) is 1. The maximum atomic E-state index is 6.39. The van der Waals surface area contributed by atoms with E-state index >= 15 is 0 Å². The van der Waals surface area contributed by atoms with Gasteiger partial charge in [-0.05, 0) is 31.0 Å². The fourth-order valence-corrected chi connectivity index (χ4v) is 2.83. The third kappa shape index (κ3) is 2.77. The number of benzene rings is 2. The third-order valence-electron chi connectivity index (χ3n) is 3.74. The molecule has 0 aliphatic rings. The molecule has 3 aromatic rings. The van der Waals surface area contributed by atoms with Crippen molar-refractivity contribution < 1.29 is 0 Å². The molecule has 0 fully saturated rings. The number of hydrogen-bond donors (Lipinski definition) is 0. The molecule has 0 bridgehead atoms. The van der Waals surface area contributed by atoms with Gasteiger partial charge in [0.15, 0.2) is 0 Å². The molecule has 3 rings (SSSR count). The Hall–Kier alpha value is -2.12. The molecule has 0 saturated carbocycles. The summed E-state index contributed by atoms with van der Waals surface area (Å²) >= 11 is 6.39. The van der Waals surface area contributed by atoms with Crippen LogP contribution in [0.4, 0.5) is 0 Å². The van der Waals surface area contributed by atoms with E-state index in [1.54, 1.807) is 0 Å². The van der Waals surface area contributed by atoms with Gasteiger partial charge in [-0.1, -0.05) is 67.1 Å². The summed E-state index contributed by atoms with van der Waals surface area (Å²) in [5, 5.41) is 1.89. The highest BCUT2D eigenvalue weighted by atomic mass is 35.5. The van der Waals surface area contributed by atoms with E-state index in [2.05, 4.69) is 50.3 Å². The number of allylic oxidation sites excluding steroid dienone is 1. The Kier molecular flexibility index (Phi) is 4.26. The van der Waals surface area contributed by atoms with Crippen LogP contribution < -0.4 is 0 Å². The lowest BCUT2D eigenvalue weighted by Crippen LogP contribution is -1.93. The van der Waals surface area contributed by atoms with E-state index < -0.39 is 0 Å². The number of nitrogens with zero attached hydrogens (tertiary/aromatic N) is 1. The Morgan fingerprint density at radius 1 is 1.09 bits per heavy atom. The average Bonchev–Trinajstić information content (AvgIpc) is 2.53. The maximum absolute atomic E-state index is 6.39. The summed E-state index contributed by atoms with van der Waals surface area (Å²) in [4.78, 5) is 4.92. The average molecular weight is 308 g/mol. The molecule has 1 aromatic heterocycles. The molecule has 0 spiro atoms. The zero-order chi connectivity index (χ0) is 15.5. The van der Waals surface area contributed by atoms with Crippen LogP contribution in [0.1, 0.15) is 24.5 Å². The van der Waals surface area contributed by atoms with E-state index in [-0.39, 0.29) is 0 Å². The smallest absolute Gasteiger partial charge is 0.0797 e. The maximum Gasteiger partial charge on any atom is 0.0797 e. The fourth-order valence-electron chi connectivity index (χ4n) is 2.60. The normalized spacial score (nSPS) is 11.4. The van der Waals surface area contributed by atoms with E-state index in [4.69, 9.17) is 16.6 Å². The zero-order valence-corrected chi connectivity index (χ0v) is 13.6. The van der Waals surface area contributed by atoms with Crippen LogP contribution in [0.5, 0.6) is 0 Å². The number of para-hydroxylation sites is 1. The largest absolute Gasteiger partial charge is 0.247 e. The molecule has 0 N–H and O–H groups in total. The first-order chi connectivity index (χ1) is 10.7. The highest BCUT2D eigenvalue weighted by Crippen LogP contribution is 2.32. The van der Waals surface area contributed by atoms with Gasteiger partial charge in [-0.15, -0.1) is 0 Å². The highest BCUT2D eigenvalue weighted by molar-refractivity contribution is 6.33. The molecule has 0 aliphatic carbocycles. The van der Waals surface area contributed by atoms with Crippen LogP contribution in [0.25, 0.3) is 28.2 Å².